The predicted molar refractivity (Wildman–Crippen MR) is 103 cm³/mol. The van der Waals surface area contributed by atoms with Crippen LogP contribution in [0.2, 0.25) is 0 Å². The van der Waals surface area contributed by atoms with Crippen molar-refractivity contribution in [1.82, 2.24) is 0 Å². The molecule has 0 aliphatic carbocycles. The molecular weight excluding hydrogens is 364 g/mol. The molecule has 0 saturated carbocycles. The Morgan fingerprint density at radius 3 is 2.70 bits per heavy atom. The molecule has 0 radical (unpaired) electrons. The second-order valence-electron chi connectivity index (χ2n) is 6.70. The van der Waals surface area contributed by atoms with Crippen LogP contribution in [0.3, 0.4) is 0 Å². The molecule has 138 valence electrons. The van der Waals surface area contributed by atoms with E-state index in [0.717, 1.165) is 33.6 Å². The molecule has 0 bridgehead atoms. The van der Waals surface area contributed by atoms with Crippen LogP contribution < -0.4 is 5.32 Å². The molecule has 0 amide bonds. The van der Waals surface area contributed by atoms with E-state index in [4.69, 9.17) is 4.74 Å². The zero-order valence-electron chi connectivity index (χ0n) is 14.5. The lowest BCUT2D eigenvalue weighted by Crippen LogP contribution is -2.23. The number of hydrogen-bond acceptors (Lipinski definition) is 5. The minimum Gasteiger partial charge on any atom is -0.376 e. The number of benzene rings is 2. The zero-order chi connectivity index (χ0) is 19.0. The third-order valence-corrected chi connectivity index (χ3v) is 5.69. The highest BCUT2D eigenvalue weighted by molar-refractivity contribution is 7.85. The molecule has 2 aromatic carbocycles. The average molecular weight is 382 g/mol. The van der Waals surface area contributed by atoms with Crippen LogP contribution in [0.25, 0.3) is 11.1 Å². The van der Waals surface area contributed by atoms with Gasteiger partial charge in [-0.15, -0.1) is 0 Å². The number of anilines is 2. The number of fused-ring (bicyclic) bond motifs is 4. The van der Waals surface area contributed by atoms with Gasteiger partial charge in [-0.3, -0.25) is 4.55 Å². The van der Waals surface area contributed by atoms with E-state index in [1.165, 1.54) is 0 Å². The molecule has 7 heteroatoms. The van der Waals surface area contributed by atoms with Crippen LogP contribution in [-0.4, -0.2) is 31.4 Å². The van der Waals surface area contributed by atoms with Crippen LogP contribution in [0.5, 0.6) is 0 Å². The lowest BCUT2D eigenvalue weighted by Gasteiger charge is -2.17. The van der Waals surface area contributed by atoms with Crippen molar-refractivity contribution in [2.24, 2.45) is 0 Å². The van der Waals surface area contributed by atoms with Gasteiger partial charge in [0.05, 0.1) is 24.3 Å². The molecule has 1 atom stereocenters. The molecule has 2 N–H and O–H groups in total. The standard InChI is InChI=1S/C20H18N2O4S/c21-11-13-5-6-20-18(9-13)15-7-8-26-14(12-27(23,24)25)10-17(15)16-3-1-2-4-19(16)22-20/h1-6,9,14,22H,7-8,10,12H2,(H,23,24,25). The van der Waals surface area contributed by atoms with Crippen molar-refractivity contribution in [1.29, 1.82) is 5.26 Å². The van der Waals surface area contributed by atoms with Gasteiger partial charge in [0.25, 0.3) is 10.1 Å². The maximum atomic E-state index is 11.4. The fourth-order valence-electron chi connectivity index (χ4n) is 3.77. The van der Waals surface area contributed by atoms with E-state index in [2.05, 4.69) is 11.4 Å². The summed E-state index contributed by atoms with van der Waals surface area (Å²) in [5, 5.41) is 12.7. The molecule has 0 aromatic heterocycles. The Morgan fingerprint density at radius 2 is 1.93 bits per heavy atom. The molecule has 6 nitrogen and oxygen atoms in total. The first-order valence-corrected chi connectivity index (χ1v) is 10.3. The highest BCUT2D eigenvalue weighted by Gasteiger charge is 2.29. The van der Waals surface area contributed by atoms with Crippen LogP contribution >= 0.6 is 0 Å². The predicted octanol–water partition coefficient (Wildman–Crippen LogP) is 3.59. The first kappa shape index (κ1) is 17.7. The summed E-state index contributed by atoms with van der Waals surface area (Å²) in [6, 6.07) is 15.5. The van der Waals surface area contributed by atoms with Gasteiger partial charge in [0.1, 0.15) is 5.75 Å². The van der Waals surface area contributed by atoms with Crippen LogP contribution in [0.1, 0.15) is 29.5 Å². The second-order valence-corrected chi connectivity index (χ2v) is 8.19. The van der Waals surface area contributed by atoms with E-state index in [1.807, 2.05) is 36.4 Å². The van der Waals surface area contributed by atoms with E-state index >= 15 is 0 Å². The Morgan fingerprint density at radius 1 is 1.15 bits per heavy atom. The smallest absolute Gasteiger partial charge is 0.267 e. The average Bonchev–Trinajstić information content (AvgIpc) is 2.89. The van der Waals surface area contributed by atoms with Crippen molar-refractivity contribution in [3.8, 4) is 6.07 Å². The number of para-hydroxylation sites is 1. The van der Waals surface area contributed by atoms with Crippen LogP contribution in [0, 0.1) is 11.3 Å². The fraction of sp³-hybridized carbons (Fsp3) is 0.250. The van der Waals surface area contributed by atoms with Gasteiger partial charge in [0.2, 0.25) is 0 Å². The molecule has 27 heavy (non-hydrogen) atoms. The third-order valence-electron chi connectivity index (χ3n) is 4.89. The maximum absolute atomic E-state index is 11.4. The second kappa shape index (κ2) is 6.82. The summed E-state index contributed by atoms with van der Waals surface area (Å²) in [6.45, 7) is 0.345. The van der Waals surface area contributed by atoms with E-state index in [1.54, 1.807) is 6.07 Å². The van der Waals surface area contributed by atoms with Crippen molar-refractivity contribution in [3.05, 3.63) is 59.2 Å². The summed E-state index contributed by atoms with van der Waals surface area (Å²) in [7, 11) is -4.14. The van der Waals surface area contributed by atoms with Gasteiger partial charge in [0, 0.05) is 28.9 Å². The molecule has 0 spiro atoms. The van der Waals surface area contributed by atoms with Gasteiger partial charge in [-0.05, 0) is 41.8 Å². The molecule has 4 rings (SSSR count). The monoisotopic (exact) mass is 382 g/mol. The van der Waals surface area contributed by atoms with Gasteiger partial charge in [-0.2, -0.15) is 13.7 Å². The molecule has 0 fully saturated rings. The Hall–Kier alpha value is -2.66. The summed E-state index contributed by atoms with van der Waals surface area (Å²) in [6.07, 6.45) is 0.334. The normalized spacial score (nSPS) is 18.9. The van der Waals surface area contributed by atoms with Crippen molar-refractivity contribution in [3.63, 3.8) is 0 Å². The Bertz CT molecular complexity index is 1080. The van der Waals surface area contributed by atoms with E-state index in [9.17, 15) is 18.2 Å². The molecule has 2 aliphatic rings. The summed E-state index contributed by atoms with van der Waals surface area (Å²) in [4.78, 5) is 0. The van der Waals surface area contributed by atoms with Gasteiger partial charge >= 0.3 is 0 Å². The zero-order valence-corrected chi connectivity index (χ0v) is 15.3. The van der Waals surface area contributed by atoms with Crippen molar-refractivity contribution in [2.75, 3.05) is 17.7 Å². The number of hydrogen-bond donors (Lipinski definition) is 2. The molecule has 2 aliphatic heterocycles. The van der Waals surface area contributed by atoms with Gasteiger partial charge < -0.3 is 10.1 Å². The lowest BCUT2D eigenvalue weighted by atomic mass is 9.89. The highest BCUT2D eigenvalue weighted by Crippen LogP contribution is 2.44. The Labute approximate surface area is 157 Å². The van der Waals surface area contributed by atoms with Gasteiger partial charge in [-0.1, -0.05) is 18.2 Å². The number of ether oxygens (including phenoxy) is 1. The topological polar surface area (TPSA) is 99.4 Å². The molecule has 1 unspecified atom stereocenters. The molecule has 2 aromatic rings. The third kappa shape index (κ3) is 3.60. The number of nitrogens with one attached hydrogen (secondary N) is 1. The largest absolute Gasteiger partial charge is 0.376 e. The SMILES string of the molecule is N#Cc1ccc2c(c1)C1=C(CC(CS(=O)(=O)O)OCC1)c1ccccc1N2. The Kier molecular flexibility index (Phi) is 4.48. The van der Waals surface area contributed by atoms with E-state index < -0.39 is 22.0 Å². The fourth-order valence-corrected chi connectivity index (χ4v) is 4.46. The summed E-state index contributed by atoms with van der Waals surface area (Å²) >= 11 is 0. The first-order valence-electron chi connectivity index (χ1n) is 8.64. The summed E-state index contributed by atoms with van der Waals surface area (Å²) in [5.74, 6) is -0.440. The molecular formula is C20H18N2O4S. The highest BCUT2D eigenvalue weighted by atomic mass is 32.2. The van der Waals surface area contributed by atoms with E-state index in [-0.39, 0.29) is 0 Å². The van der Waals surface area contributed by atoms with Crippen LogP contribution in [-0.2, 0) is 14.9 Å². The first-order chi connectivity index (χ1) is 12.9. The quantitative estimate of drug-likeness (QED) is 0.770. The number of nitriles is 1. The van der Waals surface area contributed by atoms with Crippen molar-refractivity contribution in [2.45, 2.75) is 18.9 Å². The molecule has 2 heterocycles. The van der Waals surface area contributed by atoms with Crippen molar-refractivity contribution < 1.29 is 17.7 Å². The van der Waals surface area contributed by atoms with Crippen LogP contribution in [0.15, 0.2) is 42.5 Å². The van der Waals surface area contributed by atoms with Crippen LogP contribution in [0.4, 0.5) is 11.4 Å². The summed E-state index contributed by atoms with van der Waals surface area (Å²) in [5.41, 5.74) is 6.31. The van der Waals surface area contributed by atoms with Crippen molar-refractivity contribution >= 4 is 32.6 Å². The lowest BCUT2D eigenvalue weighted by molar-refractivity contribution is 0.0783. The van der Waals surface area contributed by atoms with E-state index in [0.29, 0.717) is 25.0 Å². The van der Waals surface area contributed by atoms with Gasteiger partial charge in [0.15, 0.2) is 0 Å². The van der Waals surface area contributed by atoms with Gasteiger partial charge in [-0.25, -0.2) is 0 Å². The number of rotatable bonds is 2. The Balaban J connectivity index is 1.90. The number of nitrogens with zero attached hydrogens (tertiary/aromatic N) is 1. The molecule has 0 saturated heterocycles. The minimum atomic E-state index is -4.14. The minimum absolute atomic E-state index is 0.345. The summed E-state index contributed by atoms with van der Waals surface area (Å²) < 4.78 is 37.8. The maximum Gasteiger partial charge on any atom is 0.267 e.